The Kier molecular flexibility index (Phi) is 6.12. The van der Waals surface area contributed by atoms with Crippen LogP contribution in [0.2, 0.25) is 0 Å². The SMILES string of the molecule is C=CCC(CC=C)C(=O)NCC(O)c1ccc2ccccc2c1. The lowest BCUT2D eigenvalue weighted by atomic mass is 10.00. The largest absolute Gasteiger partial charge is 0.387 e. The Morgan fingerprint density at radius 3 is 2.39 bits per heavy atom. The first-order valence-electron chi connectivity index (χ1n) is 7.82. The quantitative estimate of drug-likeness (QED) is 0.730. The van der Waals surface area contributed by atoms with Crippen molar-refractivity contribution < 1.29 is 9.90 Å². The van der Waals surface area contributed by atoms with Crippen molar-refractivity contribution in [2.75, 3.05) is 6.54 Å². The van der Waals surface area contributed by atoms with Gasteiger partial charge in [0.15, 0.2) is 0 Å². The second-order valence-corrected chi connectivity index (χ2v) is 5.61. The molecule has 0 aromatic heterocycles. The summed E-state index contributed by atoms with van der Waals surface area (Å²) in [5.41, 5.74) is 0.799. The van der Waals surface area contributed by atoms with Crippen molar-refractivity contribution in [1.29, 1.82) is 0 Å². The predicted octanol–water partition coefficient (Wildman–Crippen LogP) is 3.76. The molecule has 1 amide bonds. The minimum atomic E-state index is -0.725. The standard InChI is InChI=1S/C20H23NO2/c1-3-7-16(8-4-2)20(23)21-14-19(22)18-12-11-15-9-5-6-10-17(15)13-18/h3-6,9-13,16,19,22H,1-2,7-8,14H2,(H,21,23). The number of allylic oxidation sites excluding steroid dienone is 2. The highest BCUT2D eigenvalue weighted by Crippen LogP contribution is 2.20. The fourth-order valence-electron chi connectivity index (χ4n) is 2.59. The summed E-state index contributed by atoms with van der Waals surface area (Å²) >= 11 is 0. The van der Waals surface area contributed by atoms with Crippen molar-refractivity contribution in [3.8, 4) is 0 Å². The molecule has 0 spiro atoms. The summed E-state index contributed by atoms with van der Waals surface area (Å²) in [4.78, 5) is 12.2. The minimum Gasteiger partial charge on any atom is -0.387 e. The van der Waals surface area contributed by atoms with Gasteiger partial charge in [0.05, 0.1) is 6.10 Å². The van der Waals surface area contributed by atoms with E-state index in [1.165, 1.54) is 0 Å². The first-order chi connectivity index (χ1) is 11.2. The molecule has 0 radical (unpaired) electrons. The van der Waals surface area contributed by atoms with Gasteiger partial charge in [0, 0.05) is 12.5 Å². The van der Waals surface area contributed by atoms with Gasteiger partial charge in [0.25, 0.3) is 0 Å². The first kappa shape index (κ1) is 17.0. The van der Waals surface area contributed by atoms with E-state index in [0.29, 0.717) is 12.8 Å². The zero-order chi connectivity index (χ0) is 16.7. The van der Waals surface area contributed by atoms with Crippen molar-refractivity contribution in [2.24, 2.45) is 5.92 Å². The number of benzene rings is 2. The van der Waals surface area contributed by atoms with E-state index in [-0.39, 0.29) is 18.4 Å². The molecule has 0 bridgehead atoms. The van der Waals surface area contributed by atoms with Gasteiger partial charge in [-0.25, -0.2) is 0 Å². The molecule has 3 nitrogen and oxygen atoms in total. The fourth-order valence-corrected chi connectivity index (χ4v) is 2.59. The molecule has 2 aromatic carbocycles. The number of rotatable bonds is 8. The van der Waals surface area contributed by atoms with Crippen LogP contribution in [-0.2, 0) is 4.79 Å². The zero-order valence-electron chi connectivity index (χ0n) is 13.2. The topological polar surface area (TPSA) is 49.3 Å². The van der Waals surface area contributed by atoms with E-state index in [4.69, 9.17) is 0 Å². The average molecular weight is 309 g/mol. The van der Waals surface area contributed by atoms with Crippen LogP contribution in [0.1, 0.15) is 24.5 Å². The van der Waals surface area contributed by atoms with Crippen molar-refractivity contribution >= 4 is 16.7 Å². The number of nitrogens with one attached hydrogen (secondary N) is 1. The number of hydrogen-bond donors (Lipinski definition) is 2. The van der Waals surface area contributed by atoms with Crippen molar-refractivity contribution in [3.63, 3.8) is 0 Å². The number of aliphatic hydroxyl groups is 1. The Bertz CT molecular complexity index is 683. The van der Waals surface area contributed by atoms with E-state index < -0.39 is 6.10 Å². The van der Waals surface area contributed by atoms with Gasteiger partial charge in [-0.3, -0.25) is 4.79 Å². The van der Waals surface area contributed by atoms with Crippen LogP contribution in [0.3, 0.4) is 0 Å². The van der Waals surface area contributed by atoms with Crippen LogP contribution in [-0.4, -0.2) is 17.6 Å². The van der Waals surface area contributed by atoms with Crippen LogP contribution in [0.25, 0.3) is 10.8 Å². The summed E-state index contributed by atoms with van der Waals surface area (Å²) in [5.74, 6) is -0.251. The number of aliphatic hydroxyl groups excluding tert-OH is 1. The molecular formula is C20H23NO2. The molecule has 2 aromatic rings. The molecular weight excluding hydrogens is 286 g/mol. The van der Waals surface area contributed by atoms with Crippen molar-refractivity contribution in [1.82, 2.24) is 5.32 Å². The maximum atomic E-state index is 12.2. The Hall–Kier alpha value is -2.39. The van der Waals surface area contributed by atoms with Crippen molar-refractivity contribution in [2.45, 2.75) is 18.9 Å². The normalized spacial score (nSPS) is 12.1. The first-order valence-corrected chi connectivity index (χ1v) is 7.82. The smallest absolute Gasteiger partial charge is 0.223 e. The van der Waals surface area contributed by atoms with E-state index in [9.17, 15) is 9.90 Å². The van der Waals surface area contributed by atoms with E-state index in [0.717, 1.165) is 16.3 Å². The lowest BCUT2D eigenvalue weighted by Crippen LogP contribution is -2.33. The molecule has 0 aliphatic carbocycles. The van der Waals surface area contributed by atoms with Gasteiger partial charge in [0.2, 0.25) is 5.91 Å². The third kappa shape index (κ3) is 4.54. The molecule has 2 rings (SSSR count). The highest BCUT2D eigenvalue weighted by Gasteiger charge is 2.17. The Morgan fingerprint density at radius 2 is 1.74 bits per heavy atom. The highest BCUT2D eigenvalue weighted by molar-refractivity contribution is 5.83. The van der Waals surface area contributed by atoms with E-state index in [2.05, 4.69) is 18.5 Å². The number of amides is 1. The maximum Gasteiger partial charge on any atom is 0.223 e. The van der Waals surface area contributed by atoms with E-state index >= 15 is 0 Å². The van der Waals surface area contributed by atoms with Crippen LogP contribution in [0.4, 0.5) is 0 Å². The lowest BCUT2D eigenvalue weighted by Gasteiger charge is -2.17. The summed E-state index contributed by atoms with van der Waals surface area (Å²) < 4.78 is 0. The molecule has 0 saturated carbocycles. The number of carbonyl (C=O) groups excluding carboxylic acids is 1. The third-order valence-corrected chi connectivity index (χ3v) is 3.90. The van der Waals surface area contributed by atoms with E-state index in [1.807, 2.05) is 42.5 Å². The third-order valence-electron chi connectivity index (χ3n) is 3.90. The van der Waals surface area contributed by atoms with Gasteiger partial charge < -0.3 is 10.4 Å². The van der Waals surface area contributed by atoms with Crippen LogP contribution in [0.5, 0.6) is 0 Å². The number of fused-ring (bicyclic) bond motifs is 1. The summed E-state index contributed by atoms with van der Waals surface area (Å²) in [6, 6.07) is 13.8. The summed E-state index contributed by atoms with van der Waals surface area (Å²) in [6.45, 7) is 7.54. The Morgan fingerprint density at radius 1 is 1.09 bits per heavy atom. The molecule has 0 aliphatic rings. The lowest BCUT2D eigenvalue weighted by molar-refractivity contribution is -0.125. The number of carbonyl (C=O) groups is 1. The fraction of sp³-hybridized carbons (Fsp3) is 0.250. The second-order valence-electron chi connectivity index (χ2n) is 5.61. The molecule has 3 heteroatoms. The van der Waals surface area contributed by atoms with Gasteiger partial charge >= 0.3 is 0 Å². The molecule has 0 saturated heterocycles. The van der Waals surface area contributed by atoms with Gasteiger partial charge in [-0.1, -0.05) is 48.6 Å². The molecule has 2 N–H and O–H groups in total. The number of hydrogen-bond acceptors (Lipinski definition) is 2. The summed E-state index contributed by atoms with van der Waals surface area (Å²) in [5, 5.41) is 15.3. The summed E-state index contributed by atoms with van der Waals surface area (Å²) in [7, 11) is 0. The van der Waals surface area contributed by atoms with Crippen LogP contribution >= 0.6 is 0 Å². The van der Waals surface area contributed by atoms with Crippen LogP contribution in [0, 0.1) is 5.92 Å². The molecule has 0 aliphatic heterocycles. The van der Waals surface area contributed by atoms with Gasteiger partial charge in [0.1, 0.15) is 0 Å². The Balaban J connectivity index is 1.99. The molecule has 1 atom stereocenters. The van der Waals surface area contributed by atoms with Gasteiger partial charge in [-0.15, -0.1) is 13.2 Å². The molecule has 1 unspecified atom stereocenters. The highest BCUT2D eigenvalue weighted by atomic mass is 16.3. The molecule has 0 heterocycles. The monoisotopic (exact) mass is 309 g/mol. The van der Waals surface area contributed by atoms with Gasteiger partial charge in [-0.2, -0.15) is 0 Å². The molecule has 120 valence electrons. The van der Waals surface area contributed by atoms with Crippen LogP contribution in [0.15, 0.2) is 67.8 Å². The Labute approximate surface area is 137 Å². The van der Waals surface area contributed by atoms with Gasteiger partial charge in [-0.05, 0) is 35.2 Å². The average Bonchev–Trinajstić information content (AvgIpc) is 2.58. The van der Waals surface area contributed by atoms with Crippen molar-refractivity contribution in [3.05, 3.63) is 73.3 Å². The molecule has 23 heavy (non-hydrogen) atoms. The maximum absolute atomic E-state index is 12.2. The van der Waals surface area contributed by atoms with E-state index in [1.54, 1.807) is 12.2 Å². The summed E-state index contributed by atoms with van der Waals surface area (Å²) in [6.07, 6.45) is 3.94. The predicted molar refractivity (Wildman–Crippen MR) is 95.0 cm³/mol. The zero-order valence-corrected chi connectivity index (χ0v) is 13.2. The molecule has 0 fully saturated rings. The second kappa shape index (κ2) is 8.30. The minimum absolute atomic E-state index is 0.0790. The van der Waals surface area contributed by atoms with Crippen LogP contribution < -0.4 is 5.32 Å².